The zero-order chi connectivity index (χ0) is 19.1. The molecule has 0 aromatic rings. The lowest BCUT2D eigenvalue weighted by molar-refractivity contribution is -0.138. The number of nitrogens with zero attached hydrogens (tertiary/aromatic N) is 1. The lowest BCUT2D eigenvalue weighted by Crippen LogP contribution is -2.51. The van der Waals surface area contributed by atoms with Crippen molar-refractivity contribution in [2.45, 2.75) is 57.8 Å². The van der Waals surface area contributed by atoms with Crippen LogP contribution in [0.1, 0.15) is 45.4 Å². The van der Waals surface area contributed by atoms with Crippen molar-refractivity contribution < 1.29 is 14.4 Å². The fourth-order valence-corrected chi connectivity index (χ4v) is 5.60. The van der Waals surface area contributed by atoms with Crippen LogP contribution in [0.5, 0.6) is 0 Å². The SMILES string of the molecule is CC1(C(=O)N2CCC(C3NOC(C4CNCC(C5CCOC5)C4)N3)CC2)CC1. The van der Waals surface area contributed by atoms with E-state index >= 15 is 0 Å². The van der Waals surface area contributed by atoms with Crippen LogP contribution in [0.3, 0.4) is 0 Å². The summed E-state index contributed by atoms with van der Waals surface area (Å²) in [5.74, 6) is 2.80. The number of likely N-dealkylation sites (tertiary alicyclic amines) is 1. The Bertz CT molecular complexity index is 570. The van der Waals surface area contributed by atoms with Crippen molar-refractivity contribution in [3.05, 3.63) is 0 Å². The van der Waals surface area contributed by atoms with E-state index in [2.05, 4.69) is 27.9 Å². The molecule has 7 heteroatoms. The average Bonchev–Trinajstić information content (AvgIpc) is 3.17. The van der Waals surface area contributed by atoms with Gasteiger partial charge in [0.25, 0.3) is 0 Å². The summed E-state index contributed by atoms with van der Waals surface area (Å²) in [6, 6.07) is 0. The molecule has 4 saturated heterocycles. The molecule has 0 spiro atoms. The summed E-state index contributed by atoms with van der Waals surface area (Å²) in [6.45, 7) is 7.87. The molecule has 28 heavy (non-hydrogen) atoms. The number of rotatable bonds is 4. The number of carbonyl (C=O) groups is 1. The minimum absolute atomic E-state index is 0.0419. The van der Waals surface area contributed by atoms with Gasteiger partial charge in [-0.1, -0.05) is 6.92 Å². The summed E-state index contributed by atoms with van der Waals surface area (Å²) in [5, 5.41) is 7.34. The average molecular weight is 393 g/mol. The third-order valence-electron chi connectivity index (χ3n) is 7.96. The molecule has 4 aliphatic heterocycles. The van der Waals surface area contributed by atoms with Crippen molar-refractivity contribution in [3.8, 4) is 0 Å². The summed E-state index contributed by atoms with van der Waals surface area (Å²) in [6.07, 6.45) is 6.92. The fourth-order valence-electron chi connectivity index (χ4n) is 5.60. The first-order chi connectivity index (χ1) is 13.6. The maximum Gasteiger partial charge on any atom is 0.228 e. The van der Waals surface area contributed by atoms with E-state index in [9.17, 15) is 4.79 Å². The molecule has 5 fully saturated rings. The minimum Gasteiger partial charge on any atom is -0.381 e. The van der Waals surface area contributed by atoms with E-state index in [4.69, 9.17) is 9.57 Å². The molecule has 1 saturated carbocycles. The Balaban J connectivity index is 1.10. The lowest BCUT2D eigenvalue weighted by atomic mass is 9.80. The summed E-state index contributed by atoms with van der Waals surface area (Å²) in [4.78, 5) is 20.7. The van der Waals surface area contributed by atoms with Crippen molar-refractivity contribution in [1.29, 1.82) is 0 Å². The molecule has 5 unspecified atom stereocenters. The fraction of sp³-hybridized carbons (Fsp3) is 0.952. The molecule has 0 aromatic carbocycles. The van der Waals surface area contributed by atoms with Gasteiger partial charge in [0.1, 0.15) is 6.23 Å². The van der Waals surface area contributed by atoms with Gasteiger partial charge >= 0.3 is 0 Å². The number of hydrogen-bond donors (Lipinski definition) is 3. The second-order valence-corrected chi connectivity index (χ2v) is 10.0. The third kappa shape index (κ3) is 3.84. The van der Waals surface area contributed by atoms with Crippen molar-refractivity contribution in [3.63, 3.8) is 0 Å². The highest BCUT2D eigenvalue weighted by Gasteiger charge is 2.48. The molecule has 0 aromatic heterocycles. The second-order valence-electron chi connectivity index (χ2n) is 10.0. The van der Waals surface area contributed by atoms with Crippen molar-refractivity contribution in [2.75, 3.05) is 39.4 Å². The normalized spacial score (nSPS) is 41.3. The van der Waals surface area contributed by atoms with Gasteiger partial charge in [0.2, 0.25) is 5.91 Å². The monoisotopic (exact) mass is 392 g/mol. The van der Waals surface area contributed by atoms with E-state index in [0.29, 0.717) is 29.6 Å². The zero-order valence-electron chi connectivity index (χ0n) is 17.1. The van der Waals surface area contributed by atoms with E-state index in [1.165, 1.54) is 12.8 Å². The van der Waals surface area contributed by atoms with Crippen LogP contribution < -0.4 is 16.1 Å². The number of nitrogens with one attached hydrogen (secondary N) is 3. The van der Waals surface area contributed by atoms with Gasteiger partial charge in [-0.15, -0.1) is 0 Å². The Morgan fingerprint density at radius 2 is 1.82 bits per heavy atom. The molecule has 158 valence electrons. The van der Waals surface area contributed by atoms with Gasteiger partial charge < -0.3 is 15.0 Å². The van der Waals surface area contributed by atoms with Gasteiger partial charge in [-0.3, -0.25) is 14.9 Å². The Labute approximate surface area is 168 Å². The van der Waals surface area contributed by atoms with Gasteiger partial charge in [0, 0.05) is 44.2 Å². The molecule has 1 amide bonds. The van der Waals surface area contributed by atoms with Gasteiger partial charge in [-0.2, -0.15) is 5.48 Å². The molecule has 3 N–H and O–H groups in total. The van der Waals surface area contributed by atoms with Crippen LogP contribution in [0.2, 0.25) is 0 Å². The predicted molar refractivity (Wildman–Crippen MR) is 105 cm³/mol. The number of piperidine rings is 2. The standard InChI is InChI=1S/C21H36N4O3/c1-21(5-6-21)20(26)25-7-2-14(3-8-25)18-23-19(28-24-18)17-10-16(11-22-12-17)15-4-9-27-13-15/h14-19,22-24H,2-13H2,1H3. The number of amides is 1. The molecule has 7 nitrogen and oxygen atoms in total. The molecule has 0 bridgehead atoms. The molecule has 5 aliphatic rings. The van der Waals surface area contributed by atoms with Gasteiger partial charge in [-0.05, 0) is 62.8 Å². The Hall–Kier alpha value is -0.730. The third-order valence-corrected chi connectivity index (χ3v) is 7.96. The number of carbonyl (C=O) groups excluding carboxylic acids is 1. The van der Waals surface area contributed by atoms with Crippen LogP contribution in [-0.2, 0) is 14.4 Å². The summed E-state index contributed by atoms with van der Waals surface area (Å²) < 4.78 is 5.60. The van der Waals surface area contributed by atoms with Crippen LogP contribution in [0.15, 0.2) is 0 Å². The van der Waals surface area contributed by atoms with E-state index in [0.717, 1.165) is 65.1 Å². The first kappa shape index (κ1) is 19.2. The number of ether oxygens (including phenoxy) is 1. The van der Waals surface area contributed by atoms with Gasteiger partial charge in [0.15, 0.2) is 0 Å². The van der Waals surface area contributed by atoms with Gasteiger partial charge in [0.05, 0.1) is 6.17 Å². The maximum atomic E-state index is 12.6. The Morgan fingerprint density at radius 3 is 2.54 bits per heavy atom. The lowest BCUT2D eigenvalue weighted by Gasteiger charge is -2.36. The number of hydrogen-bond acceptors (Lipinski definition) is 6. The van der Waals surface area contributed by atoms with Crippen molar-refractivity contribution in [1.82, 2.24) is 21.0 Å². The molecule has 5 rings (SSSR count). The molecule has 0 radical (unpaired) electrons. The van der Waals surface area contributed by atoms with Crippen molar-refractivity contribution >= 4 is 5.91 Å². The van der Waals surface area contributed by atoms with E-state index in [1.807, 2.05) is 0 Å². The largest absolute Gasteiger partial charge is 0.381 e. The number of hydroxylamine groups is 1. The second kappa shape index (κ2) is 7.84. The zero-order valence-corrected chi connectivity index (χ0v) is 17.1. The molecule has 5 atom stereocenters. The minimum atomic E-state index is -0.0419. The van der Waals surface area contributed by atoms with Crippen LogP contribution in [0.4, 0.5) is 0 Å². The van der Waals surface area contributed by atoms with E-state index in [1.54, 1.807) is 0 Å². The summed E-state index contributed by atoms with van der Waals surface area (Å²) in [7, 11) is 0. The summed E-state index contributed by atoms with van der Waals surface area (Å²) in [5.41, 5.74) is 3.24. The van der Waals surface area contributed by atoms with E-state index < -0.39 is 0 Å². The van der Waals surface area contributed by atoms with Crippen LogP contribution in [-0.4, -0.2) is 62.6 Å². The van der Waals surface area contributed by atoms with E-state index in [-0.39, 0.29) is 17.8 Å². The molecule has 1 aliphatic carbocycles. The highest BCUT2D eigenvalue weighted by molar-refractivity contribution is 5.84. The molecular weight excluding hydrogens is 356 g/mol. The highest BCUT2D eigenvalue weighted by Crippen LogP contribution is 2.47. The predicted octanol–water partition coefficient (Wildman–Crippen LogP) is 1.06. The van der Waals surface area contributed by atoms with Crippen molar-refractivity contribution in [2.24, 2.45) is 29.1 Å². The Kier molecular flexibility index (Phi) is 5.39. The Morgan fingerprint density at radius 1 is 1.04 bits per heavy atom. The van der Waals surface area contributed by atoms with Crippen LogP contribution in [0.25, 0.3) is 0 Å². The highest BCUT2D eigenvalue weighted by atomic mass is 16.7. The first-order valence-corrected chi connectivity index (χ1v) is 11.4. The topological polar surface area (TPSA) is 74.9 Å². The van der Waals surface area contributed by atoms with Crippen LogP contribution in [0, 0.1) is 29.1 Å². The smallest absolute Gasteiger partial charge is 0.228 e. The van der Waals surface area contributed by atoms with Crippen LogP contribution >= 0.6 is 0 Å². The maximum absolute atomic E-state index is 12.6. The first-order valence-electron chi connectivity index (χ1n) is 11.4. The molecule has 4 heterocycles. The van der Waals surface area contributed by atoms with Gasteiger partial charge in [-0.25, -0.2) is 0 Å². The quantitative estimate of drug-likeness (QED) is 0.665. The summed E-state index contributed by atoms with van der Waals surface area (Å²) >= 11 is 0. The molecular formula is C21H36N4O3.